The summed E-state index contributed by atoms with van der Waals surface area (Å²) in [4.78, 5) is 0. The molecule has 0 saturated heterocycles. The quantitative estimate of drug-likeness (QED) is 0.870. The predicted molar refractivity (Wildman–Crippen MR) is 68.1 cm³/mol. The molecule has 1 aliphatic rings. The van der Waals surface area contributed by atoms with Crippen LogP contribution < -0.4 is 5.73 Å². The molecule has 0 unspecified atom stereocenters. The fraction of sp³-hybridized carbons (Fsp3) is 0.357. The fourth-order valence-corrected chi connectivity index (χ4v) is 2.43. The average Bonchev–Trinajstić information content (AvgIpc) is 2.98. The van der Waals surface area contributed by atoms with Crippen molar-refractivity contribution in [2.75, 3.05) is 6.54 Å². The monoisotopic (exact) mass is 227 g/mol. The van der Waals surface area contributed by atoms with Gasteiger partial charge in [-0.05, 0) is 48.9 Å². The zero-order chi connectivity index (χ0) is 11.7. The first-order chi connectivity index (χ1) is 8.34. The van der Waals surface area contributed by atoms with E-state index in [1.807, 2.05) is 29.1 Å². The van der Waals surface area contributed by atoms with Gasteiger partial charge in [0.25, 0.3) is 0 Å². The maximum absolute atomic E-state index is 5.68. The Morgan fingerprint density at radius 1 is 1.24 bits per heavy atom. The van der Waals surface area contributed by atoms with Gasteiger partial charge < -0.3 is 5.73 Å². The first-order valence-electron chi connectivity index (χ1n) is 6.15. The predicted octanol–water partition coefficient (Wildman–Crippen LogP) is 2.25. The van der Waals surface area contributed by atoms with Crippen molar-refractivity contribution in [1.82, 2.24) is 9.78 Å². The Balaban J connectivity index is 1.89. The van der Waals surface area contributed by atoms with Crippen molar-refractivity contribution in [2.24, 2.45) is 5.73 Å². The zero-order valence-electron chi connectivity index (χ0n) is 9.84. The van der Waals surface area contributed by atoms with Gasteiger partial charge >= 0.3 is 0 Å². The van der Waals surface area contributed by atoms with Crippen LogP contribution in [0.5, 0.6) is 0 Å². The lowest BCUT2D eigenvalue weighted by Gasteiger charge is -2.10. The summed E-state index contributed by atoms with van der Waals surface area (Å²) >= 11 is 0. The molecule has 3 heteroatoms. The minimum absolute atomic E-state index is 0.335. The van der Waals surface area contributed by atoms with Gasteiger partial charge in [0.2, 0.25) is 0 Å². The van der Waals surface area contributed by atoms with Crippen molar-refractivity contribution < 1.29 is 0 Å². The van der Waals surface area contributed by atoms with Crippen molar-refractivity contribution >= 4 is 0 Å². The highest BCUT2D eigenvalue weighted by Gasteiger charge is 2.44. The third kappa shape index (κ3) is 1.87. The Labute approximate surface area is 101 Å². The number of para-hydroxylation sites is 1. The molecule has 2 N–H and O–H groups in total. The topological polar surface area (TPSA) is 43.8 Å². The summed E-state index contributed by atoms with van der Waals surface area (Å²) in [5, 5.41) is 4.45. The molecule has 88 valence electrons. The second-order valence-electron chi connectivity index (χ2n) is 4.83. The average molecular weight is 227 g/mol. The van der Waals surface area contributed by atoms with E-state index in [4.69, 9.17) is 5.73 Å². The van der Waals surface area contributed by atoms with Crippen LogP contribution >= 0.6 is 0 Å². The van der Waals surface area contributed by atoms with E-state index in [9.17, 15) is 0 Å². The van der Waals surface area contributed by atoms with Gasteiger partial charge in [-0.3, -0.25) is 0 Å². The molecule has 0 radical (unpaired) electrons. The summed E-state index contributed by atoms with van der Waals surface area (Å²) in [5.41, 5.74) is 8.47. The summed E-state index contributed by atoms with van der Waals surface area (Å²) in [5.74, 6) is 0. The lowest BCUT2D eigenvalue weighted by Crippen LogP contribution is -2.12. The highest BCUT2D eigenvalue weighted by Crippen LogP contribution is 2.50. The summed E-state index contributed by atoms with van der Waals surface area (Å²) in [6.45, 7) is 0.760. The lowest BCUT2D eigenvalue weighted by atomic mass is 9.96. The third-order valence-electron chi connectivity index (χ3n) is 3.69. The summed E-state index contributed by atoms with van der Waals surface area (Å²) in [6, 6.07) is 10.2. The smallest absolute Gasteiger partial charge is 0.0645 e. The standard InChI is InChI=1S/C14H17N3/c15-9-8-14(6-7-14)12-10-16-17(11-12)13-4-2-1-3-5-13/h1-5,10-11H,6-9,15H2. The van der Waals surface area contributed by atoms with Crippen LogP contribution in [0.25, 0.3) is 5.69 Å². The molecule has 0 amide bonds. The van der Waals surface area contributed by atoms with Crippen LogP contribution in [0.2, 0.25) is 0 Å². The fourth-order valence-electron chi connectivity index (χ4n) is 2.43. The highest BCUT2D eigenvalue weighted by molar-refractivity contribution is 5.34. The molecule has 1 heterocycles. The van der Waals surface area contributed by atoms with E-state index in [0.717, 1.165) is 18.7 Å². The van der Waals surface area contributed by atoms with Gasteiger partial charge in [0, 0.05) is 6.20 Å². The molecular weight excluding hydrogens is 210 g/mol. The molecule has 1 aliphatic carbocycles. The molecule has 3 rings (SSSR count). The molecule has 1 saturated carbocycles. The molecule has 1 fully saturated rings. The number of nitrogens with two attached hydrogens (primary N) is 1. The van der Waals surface area contributed by atoms with Crippen LogP contribution in [0.15, 0.2) is 42.7 Å². The molecular formula is C14H17N3. The maximum Gasteiger partial charge on any atom is 0.0645 e. The van der Waals surface area contributed by atoms with Gasteiger partial charge in [0.05, 0.1) is 11.9 Å². The number of benzene rings is 1. The summed E-state index contributed by atoms with van der Waals surface area (Å²) in [6.07, 6.45) is 7.73. The van der Waals surface area contributed by atoms with Gasteiger partial charge in [-0.1, -0.05) is 18.2 Å². The molecule has 17 heavy (non-hydrogen) atoms. The molecule has 0 bridgehead atoms. The van der Waals surface area contributed by atoms with E-state index in [-0.39, 0.29) is 0 Å². The van der Waals surface area contributed by atoms with Gasteiger partial charge in [0.15, 0.2) is 0 Å². The van der Waals surface area contributed by atoms with Crippen LogP contribution in [0.3, 0.4) is 0 Å². The molecule has 1 aromatic heterocycles. The zero-order valence-corrected chi connectivity index (χ0v) is 9.84. The number of hydrogen-bond acceptors (Lipinski definition) is 2. The second-order valence-corrected chi connectivity index (χ2v) is 4.83. The van der Waals surface area contributed by atoms with Crippen LogP contribution in [0.1, 0.15) is 24.8 Å². The normalized spacial score (nSPS) is 17.0. The van der Waals surface area contributed by atoms with E-state index >= 15 is 0 Å². The molecule has 3 nitrogen and oxygen atoms in total. The largest absolute Gasteiger partial charge is 0.330 e. The van der Waals surface area contributed by atoms with Gasteiger partial charge in [-0.15, -0.1) is 0 Å². The van der Waals surface area contributed by atoms with E-state index in [0.29, 0.717) is 5.41 Å². The van der Waals surface area contributed by atoms with Gasteiger partial charge in [0.1, 0.15) is 0 Å². The molecule has 0 spiro atoms. The van der Waals surface area contributed by atoms with Crippen LogP contribution in [-0.4, -0.2) is 16.3 Å². The number of nitrogens with zero attached hydrogens (tertiary/aromatic N) is 2. The minimum Gasteiger partial charge on any atom is -0.330 e. The Morgan fingerprint density at radius 2 is 2.00 bits per heavy atom. The third-order valence-corrected chi connectivity index (χ3v) is 3.69. The number of hydrogen-bond donors (Lipinski definition) is 1. The van der Waals surface area contributed by atoms with E-state index in [1.54, 1.807) is 0 Å². The Bertz CT molecular complexity index is 497. The molecule has 2 aromatic rings. The van der Waals surface area contributed by atoms with Gasteiger partial charge in [-0.25, -0.2) is 4.68 Å². The lowest BCUT2D eigenvalue weighted by molar-refractivity contribution is 0.629. The van der Waals surface area contributed by atoms with Crippen LogP contribution in [-0.2, 0) is 5.41 Å². The highest BCUT2D eigenvalue weighted by atomic mass is 15.3. The first-order valence-corrected chi connectivity index (χ1v) is 6.15. The van der Waals surface area contributed by atoms with Crippen molar-refractivity contribution in [3.05, 3.63) is 48.3 Å². The van der Waals surface area contributed by atoms with Crippen LogP contribution in [0.4, 0.5) is 0 Å². The minimum atomic E-state index is 0.335. The van der Waals surface area contributed by atoms with Crippen molar-refractivity contribution in [2.45, 2.75) is 24.7 Å². The second kappa shape index (κ2) is 4.00. The molecule has 0 aliphatic heterocycles. The van der Waals surface area contributed by atoms with Gasteiger partial charge in [-0.2, -0.15) is 5.10 Å². The van der Waals surface area contributed by atoms with Crippen molar-refractivity contribution in [3.8, 4) is 5.69 Å². The molecule has 0 atom stereocenters. The maximum atomic E-state index is 5.68. The van der Waals surface area contributed by atoms with Crippen LogP contribution in [0, 0.1) is 0 Å². The van der Waals surface area contributed by atoms with E-state index in [1.165, 1.54) is 18.4 Å². The summed E-state index contributed by atoms with van der Waals surface area (Å²) in [7, 11) is 0. The Morgan fingerprint density at radius 3 is 2.65 bits per heavy atom. The number of rotatable bonds is 4. The van der Waals surface area contributed by atoms with Crippen molar-refractivity contribution in [1.29, 1.82) is 0 Å². The SMILES string of the molecule is NCCC1(c2cnn(-c3ccccc3)c2)CC1. The Hall–Kier alpha value is -1.61. The number of aromatic nitrogens is 2. The Kier molecular flexibility index (Phi) is 2.48. The summed E-state index contributed by atoms with van der Waals surface area (Å²) < 4.78 is 1.95. The van der Waals surface area contributed by atoms with E-state index < -0.39 is 0 Å². The van der Waals surface area contributed by atoms with Crippen molar-refractivity contribution in [3.63, 3.8) is 0 Å². The molecule has 1 aromatic carbocycles. The first kappa shape index (κ1) is 10.5. The van der Waals surface area contributed by atoms with E-state index in [2.05, 4.69) is 23.4 Å².